The Morgan fingerprint density at radius 2 is 2.00 bits per heavy atom. The summed E-state index contributed by atoms with van der Waals surface area (Å²) < 4.78 is 11.6. The summed E-state index contributed by atoms with van der Waals surface area (Å²) >= 11 is 0. The van der Waals surface area contributed by atoms with Crippen LogP contribution in [0, 0.1) is 0 Å². The maximum atomic E-state index is 11.6. The van der Waals surface area contributed by atoms with Crippen LogP contribution in [0.1, 0.15) is 36.7 Å². The molecule has 0 heterocycles. The third-order valence-electron chi connectivity index (χ3n) is 2.36. The number of Topliss-reactive ketones (excluding diaryl/α,β-unsaturated/α-hetero) is 1. The van der Waals surface area contributed by atoms with E-state index < -0.39 is 10.8 Å². The molecule has 0 saturated carbocycles. The maximum Gasteiger partial charge on any atom is 0.160 e. The molecule has 82 valence electrons. The summed E-state index contributed by atoms with van der Waals surface area (Å²) in [4.78, 5) is 12.1. The van der Waals surface area contributed by atoms with E-state index in [2.05, 4.69) is 0 Å². The van der Waals surface area contributed by atoms with Gasteiger partial charge in [-0.05, 0) is 37.1 Å². The lowest BCUT2D eigenvalue weighted by Crippen LogP contribution is -2.02. The molecule has 0 fully saturated rings. The van der Waals surface area contributed by atoms with Crippen molar-refractivity contribution in [3.05, 3.63) is 29.3 Å². The van der Waals surface area contributed by atoms with Crippen LogP contribution in [0.2, 0.25) is 0 Å². The number of rotatable bonds is 4. The van der Waals surface area contributed by atoms with Gasteiger partial charge in [-0.3, -0.25) is 9.00 Å². The van der Waals surface area contributed by atoms with E-state index in [1.807, 2.05) is 19.9 Å². The molecule has 0 saturated heterocycles. The quantitative estimate of drug-likeness (QED) is 0.737. The second-order valence-electron chi connectivity index (χ2n) is 3.36. The van der Waals surface area contributed by atoms with Gasteiger partial charge in [-0.25, -0.2) is 0 Å². The van der Waals surface area contributed by atoms with Crippen molar-refractivity contribution in [2.45, 2.75) is 32.1 Å². The zero-order valence-electron chi connectivity index (χ0n) is 9.37. The van der Waals surface area contributed by atoms with Crippen molar-refractivity contribution in [1.82, 2.24) is 0 Å². The van der Waals surface area contributed by atoms with E-state index in [9.17, 15) is 9.00 Å². The second-order valence-corrected chi connectivity index (χ2v) is 5.10. The van der Waals surface area contributed by atoms with Crippen molar-refractivity contribution in [2.24, 2.45) is 0 Å². The highest BCUT2D eigenvalue weighted by Crippen LogP contribution is 2.16. The highest BCUT2D eigenvalue weighted by molar-refractivity contribution is 7.85. The van der Waals surface area contributed by atoms with Gasteiger partial charge in [0.05, 0.1) is 10.8 Å². The normalized spacial score (nSPS) is 12.5. The number of benzene rings is 1. The molecule has 0 aliphatic rings. The van der Waals surface area contributed by atoms with E-state index in [1.54, 1.807) is 19.1 Å². The fraction of sp³-hybridized carbons (Fsp3) is 0.417. The first-order chi connectivity index (χ1) is 7.10. The van der Waals surface area contributed by atoms with Crippen molar-refractivity contribution in [3.63, 3.8) is 0 Å². The summed E-state index contributed by atoms with van der Waals surface area (Å²) in [6.07, 6.45) is 0.795. The van der Waals surface area contributed by atoms with E-state index in [-0.39, 0.29) is 5.78 Å². The number of carbonyl (C=O) groups is 1. The molecule has 1 rings (SSSR count). The maximum absolute atomic E-state index is 11.6. The van der Waals surface area contributed by atoms with Crippen molar-refractivity contribution in [2.75, 3.05) is 5.75 Å². The smallest absolute Gasteiger partial charge is 0.160 e. The standard InChI is InChI=1S/C12H16O2S/c1-4-10-8-11(15(14)5-2)6-7-12(10)9(3)13/h6-8H,4-5H2,1-3H3. The highest BCUT2D eigenvalue weighted by Gasteiger charge is 2.08. The molecule has 1 unspecified atom stereocenters. The minimum Gasteiger partial charge on any atom is -0.295 e. The van der Waals surface area contributed by atoms with Crippen LogP contribution < -0.4 is 0 Å². The van der Waals surface area contributed by atoms with Crippen LogP contribution in [0.4, 0.5) is 0 Å². The molecule has 0 bridgehead atoms. The lowest BCUT2D eigenvalue weighted by Gasteiger charge is -2.07. The summed E-state index contributed by atoms with van der Waals surface area (Å²) in [5.41, 5.74) is 1.73. The Morgan fingerprint density at radius 3 is 2.47 bits per heavy atom. The molecule has 0 aliphatic carbocycles. The summed E-state index contributed by atoms with van der Waals surface area (Å²) in [5.74, 6) is 0.684. The van der Waals surface area contributed by atoms with Gasteiger partial charge in [0.1, 0.15) is 0 Å². The van der Waals surface area contributed by atoms with Gasteiger partial charge in [-0.1, -0.05) is 13.8 Å². The Kier molecular flexibility index (Phi) is 4.21. The predicted octanol–water partition coefficient (Wildman–Crippen LogP) is 2.58. The predicted molar refractivity (Wildman–Crippen MR) is 62.8 cm³/mol. The Labute approximate surface area is 93.2 Å². The first-order valence-electron chi connectivity index (χ1n) is 5.12. The molecule has 3 heteroatoms. The Hall–Kier alpha value is -0.960. The van der Waals surface area contributed by atoms with Crippen molar-refractivity contribution in [1.29, 1.82) is 0 Å². The molecular weight excluding hydrogens is 208 g/mol. The fourth-order valence-corrected chi connectivity index (χ4v) is 2.34. The summed E-state index contributed by atoms with van der Waals surface area (Å²) in [6, 6.07) is 5.45. The van der Waals surface area contributed by atoms with E-state index in [1.165, 1.54) is 0 Å². The summed E-state index contributed by atoms with van der Waals surface area (Å²) in [6.45, 7) is 5.45. The van der Waals surface area contributed by atoms with Gasteiger partial charge in [0.15, 0.2) is 5.78 Å². The fourth-order valence-electron chi connectivity index (χ4n) is 1.51. The number of hydrogen-bond acceptors (Lipinski definition) is 2. The van der Waals surface area contributed by atoms with Crippen LogP contribution in [0.3, 0.4) is 0 Å². The van der Waals surface area contributed by atoms with E-state index in [4.69, 9.17) is 0 Å². The molecule has 1 aromatic rings. The average molecular weight is 224 g/mol. The molecule has 1 atom stereocenters. The molecule has 0 spiro atoms. The van der Waals surface area contributed by atoms with E-state index in [0.29, 0.717) is 5.75 Å². The van der Waals surface area contributed by atoms with Crippen molar-refractivity contribution >= 4 is 16.6 Å². The van der Waals surface area contributed by atoms with Crippen LogP contribution >= 0.6 is 0 Å². The summed E-state index contributed by atoms with van der Waals surface area (Å²) in [7, 11) is -0.935. The zero-order valence-corrected chi connectivity index (χ0v) is 10.2. The van der Waals surface area contributed by atoms with Gasteiger partial charge in [0, 0.05) is 16.2 Å². The number of hydrogen-bond donors (Lipinski definition) is 0. The topological polar surface area (TPSA) is 34.1 Å². The van der Waals surface area contributed by atoms with Crippen LogP contribution in [0.15, 0.2) is 23.1 Å². The number of carbonyl (C=O) groups excluding carboxylic acids is 1. The minimum absolute atomic E-state index is 0.0701. The highest BCUT2D eigenvalue weighted by atomic mass is 32.2. The largest absolute Gasteiger partial charge is 0.295 e. The molecule has 0 aliphatic heterocycles. The van der Waals surface area contributed by atoms with Crippen molar-refractivity contribution < 1.29 is 9.00 Å². The molecule has 0 amide bonds. The lowest BCUT2D eigenvalue weighted by atomic mass is 10.0. The van der Waals surface area contributed by atoms with Crippen LogP contribution in [-0.4, -0.2) is 15.7 Å². The molecule has 0 radical (unpaired) electrons. The Bertz CT molecular complexity index is 397. The zero-order chi connectivity index (χ0) is 11.4. The van der Waals surface area contributed by atoms with Crippen LogP contribution in [-0.2, 0) is 17.2 Å². The van der Waals surface area contributed by atoms with Gasteiger partial charge < -0.3 is 0 Å². The van der Waals surface area contributed by atoms with Gasteiger partial charge in [-0.2, -0.15) is 0 Å². The SMILES string of the molecule is CCc1cc(S(=O)CC)ccc1C(C)=O. The number of aryl methyl sites for hydroxylation is 1. The number of ketones is 1. The van der Waals surface area contributed by atoms with Crippen LogP contribution in [0.5, 0.6) is 0 Å². The average Bonchev–Trinajstić information content (AvgIpc) is 2.26. The first-order valence-corrected chi connectivity index (χ1v) is 6.44. The molecule has 15 heavy (non-hydrogen) atoms. The van der Waals surface area contributed by atoms with Gasteiger partial charge in [0.2, 0.25) is 0 Å². The monoisotopic (exact) mass is 224 g/mol. The van der Waals surface area contributed by atoms with Gasteiger partial charge in [0.25, 0.3) is 0 Å². The molecule has 0 aromatic heterocycles. The third kappa shape index (κ3) is 2.75. The molecule has 1 aromatic carbocycles. The van der Waals surface area contributed by atoms with Gasteiger partial charge in [-0.15, -0.1) is 0 Å². The first kappa shape index (κ1) is 12.1. The summed E-state index contributed by atoms with van der Waals surface area (Å²) in [5, 5.41) is 0. The molecule has 0 N–H and O–H groups in total. The van der Waals surface area contributed by atoms with Crippen molar-refractivity contribution in [3.8, 4) is 0 Å². The second kappa shape index (κ2) is 5.21. The third-order valence-corrected chi connectivity index (χ3v) is 3.67. The lowest BCUT2D eigenvalue weighted by molar-refractivity contribution is 0.101. The Balaban J connectivity index is 3.19. The molecule has 2 nitrogen and oxygen atoms in total. The Morgan fingerprint density at radius 1 is 1.33 bits per heavy atom. The van der Waals surface area contributed by atoms with Gasteiger partial charge >= 0.3 is 0 Å². The van der Waals surface area contributed by atoms with E-state index in [0.717, 1.165) is 22.4 Å². The molecular formula is C12H16O2S. The van der Waals surface area contributed by atoms with E-state index >= 15 is 0 Å². The minimum atomic E-state index is -0.935. The van der Waals surface area contributed by atoms with Crippen LogP contribution in [0.25, 0.3) is 0 Å².